The van der Waals surface area contributed by atoms with Crippen LogP contribution >= 0.6 is 0 Å². The smallest absolute Gasteiger partial charge is 0.246 e. The number of piperidine rings is 1. The van der Waals surface area contributed by atoms with Crippen molar-refractivity contribution in [1.29, 1.82) is 0 Å². The van der Waals surface area contributed by atoms with E-state index >= 15 is 0 Å². The molecular formula is C22H33N5O3. The molecule has 2 aromatic rings. The molecule has 0 aliphatic carbocycles. The lowest BCUT2D eigenvalue weighted by molar-refractivity contribution is -0.134. The predicted octanol–water partition coefficient (Wildman–Crippen LogP) is 1.80. The molecule has 1 aromatic carbocycles. The van der Waals surface area contributed by atoms with Crippen LogP contribution in [0.4, 0.5) is 0 Å². The maximum atomic E-state index is 13.2. The third-order valence-corrected chi connectivity index (χ3v) is 6.20. The van der Waals surface area contributed by atoms with Crippen LogP contribution < -0.4 is 0 Å². The van der Waals surface area contributed by atoms with Crippen LogP contribution in [-0.2, 0) is 20.8 Å². The molecule has 8 nitrogen and oxygen atoms in total. The SMILES string of the molecule is COCCN1CCC(CN(C[C@@H]2CCCO2)C(=O)Cn2nc3ccccc3n2)CC1. The second-order valence-electron chi connectivity index (χ2n) is 8.43. The van der Waals surface area contributed by atoms with Gasteiger partial charge in [0.15, 0.2) is 0 Å². The van der Waals surface area contributed by atoms with Gasteiger partial charge in [0.2, 0.25) is 5.91 Å². The molecule has 2 saturated heterocycles. The van der Waals surface area contributed by atoms with Gasteiger partial charge in [0, 0.05) is 33.4 Å². The summed E-state index contributed by atoms with van der Waals surface area (Å²) in [6.45, 7) is 6.34. The van der Waals surface area contributed by atoms with Gasteiger partial charge in [-0.3, -0.25) is 4.79 Å². The number of hydrogen-bond donors (Lipinski definition) is 0. The van der Waals surface area contributed by atoms with E-state index in [1.165, 1.54) is 4.80 Å². The fraction of sp³-hybridized carbons (Fsp3) is 0.682. The van der Waals surface area contributed by atoms with Crippen LogP contribution in [0.25, 0.3) is 11.0 Å². The number of carbonyl (C=O) groups excluding carboxylic acids is 1. The number of nitrogens with zero attached hydrogens (tertiary/aromatic N) is 5. The van der Waals surface area contributed by atoms with E-state index in [0.29, 0.717) is 12.5 Å². The van der Waals surface area contributed by atoms with Crippen molar-refractivity contribution in [3.05, 3.63) is 24.3 Å². The quantitative estimate of drug-likeness (QED) is 0.622. The Morgan fingerprint density at radius 3 is 2.53 bits per heavy atom. The first-order valence-electron chi connectivity index (χ1n) is 11.1. The van der Waals surface area contributed by atoms with Crippen LogP contribution in [0.15, 0.2) is 24.3 Å². The highest BCUT2D eigenvalue weighted by Crippen LogP contribution is 2.21. The first-order valence-corrected chi connectivity index (χ1v) is 11.1. The summed E-state index contributed by atoms with van der Waals surface area (Å²) in [5, 5.41) is 8.92. The average molecular weight is 416 g/mol. The molecule has 0 spiro atoms. The van der Waals surface area contributed by atoms with Crippen LogP contribution in [0.3, 0.4) is 0 Å². The molecule has 2 fully saturated rings. The molecule has 164 valence electrons. The molecule has 30 heavy (non-hydrogen) atoms. The number of ether oxygens (including phenoxy) is 2. The Kier molecular flexibility index (Phi) is 7.30. The summed E-state index contributed by atoms with van der Waals surface area (Å²) in [5.41, 5.74) is 1.64. The number of fused-ring (bicyclic) bond motifs is 1. The molecule has 1 atom stereocenters. The molecule has 0 unspecified atom stereocenters. The normalized spacial score (nSPS) is 20.8. The molecule has 3 heterocycles. The number of methoxy groups -OCH3 is 1. The predicted molar refractivity (Wildman–Crippen MR) is 114 cm³/mol. The van der Waals surface area contributed by atoms with Gasteiger partial charge in [-0.15, -0.1) is 0 Å². The molecular weight excluding hydrogens is 382 g/mol. The van der Waals surface area contributed by atoms with Crippen LogP contribution in [0.2, 0.25) is 0 Å². The van der Waals surface area contributed by atoms with Gasteiger partial charge in [0.25, 0.3) is 0 Å². The Bertz CT molecular complexity index is 779. The minimum absolute atomic E-state index is 0.0765. The lowest BCUT2D eigenvalue weighted by Gasteiger charge is -2.35. The van der Waals surface area contributed by atoms with E-state index in [4.69, 9.17) is 9.47 Å². The number of aromatic nitrogens is 3. The van der Waals surface area contributed by atoms with Gasteiger partial charge in [-0.05, 0) is 56.8 Å². The van der Waals surface area contributed by atoms with Gasteiger partial charge in [0.05, 0.1) is 12.7 Å². The van der Waals surface area contributed by atoms with E-state index in [2.05, 4.69) is 15.1 Å². The maximum Gasteiger partial charge on any atom is 0.246 e. The van der Waals surface area contributed by atoms with Crippen molar-refractivity contribution < 1.29 is 14.3 Å². The third kappa shape index (κ3) is 5.56. The summed E-state index contributed by atoms with van der Waals surface area (Å²) < 4.78 is 11.0. The highest BCUT2D eigenvalue weighted by atomic mass is 16.5. The van der Waals surface area contributed by atoms with Crippen LogP contribution in [0.1, 0.15) is 25.7 Å². The van der Waals surface area contributed by atoms with E-state index in [1.807, 2.05) is 29.2 Å². The molecule has 8 heteroatoms. The van der Waals surface area contributed by atoms with Crippen LogP contribution in [0.5, 0.6) is 0 Å². The van der Waals surface area contributed by atoms with Crippen molar-refractivity contribution in [3.63, 3.8) is 0 Å². The van der Waals surface area contributed by atoms with Crippen molar-refractivity contribution in [2.24, 2.45) is 5.92 Å². The van der Waals surface area contributed by atoms with Crippen molar-refractivity contribution >= 4 is 16.9 Å². The highest BCUT2D eigenvalue weighted by Gasteiger charge is 2.27. The molecule has 0 bridgehead atoms. The molecule has 0 radical (unpaired) electrons. The van der Waals surface area contributed by atoms with Crippen molar-refractivity contribution in [3.8, 4) is 0 Å². The average Bonchev–Trinajstić information content (AvgIpc) is 3.41. The van der Waals surface area contributed by atoms with Gasteiger partial charge in [-0.2, -0.15) is 15.0 Å². The molecule has 1 amide bonds. The van der Waals surface area contributed by atoms with E-state index in [9.17, 15) is 4.79 Å². The molecule has 1 aromatic heterocycles. The van der Waals surface area contributed by atoms with E-state index in [-0.39, 0.29) is 18.6 Å². The third-order valence-electron chi connectivity index (χ3n) is 6.20. The lowest BCUT2D eigenvalue weighted by atomic mass is 9.96. The minimum atomic E-state index is 0.0765. The Balaban J connectivity index is 1.37. The first-order chi connectivity index (χ1) is 14.7. The van der Waals surface area contributed by atoms with Gasteiger partial charge >= 0.3 is 0 Å². The standard InChI is InChI=1S/C22H33N5O3/c1-29-14-12-25-10-8-18(9-11-25)15-26(16-19-5-4-13-30-19)22(28)17-27-23-20-6-2-3-7-21(20)24-27/h2-3,6-7,18-19H,4-5,8-17H2,1H3/t19-/m0/s1. The van der Waals surface area contributed by atoms with Crippen molar-refractivity contribution in [2.45, 2.75) is 38.3 Å². The topological polar surface area (TPSA) is 72.7 Å². The minimum Gasteiger partial charge on any atom is -0.383 e. The number of benzene rings is 1. The van der Waals surface area contributed by atoms with Gasteiger partial charge in [-0.1, -0.05) is 12.1 Å². The van der Waals surface area contributed by atoms with Crippen molar-refractivity contribution in [2.75, 3.05) is 53.0 Å². The van der Waals surface area contributed by atoms with Gasteiger partial charge in [-0.25, -0.2) is 0 Å². The highest BCUT2D eigenvalue weighted by molar-refractivity contribution is 5.77. The Morgan fingerprint density at radius 1 is 1.17 bits per heavy atom. The largest absolute Gasteiger partial charge is 0.383 e. The van der Waals surface area contributed by atoms with Crippen LogP contribution in [-0.4, -0.2) is 89.9 Å². The Morgan fingerprint density at radius 2 is 1.90 bits per heavy atom. The lowest BCUT2D eigenvalue weighted by Crippen LogP contribution is -2.45. The second-order valence-corrected chi connectivity index (χ2v) is 8.43. The van der Waals surface area contributed by atoms with Gasteiger partial charge in [0.1, 0.15) is 17.6 Å². The van der Waals surface area contributed by atoms with Gasteiger partial charge < -0.3 is 19.3 Å². The summed E-state index contributed by atoms with van der Waals surface area (Å²) in [6, 6.07) is 7.72. The zero-order chi connectivity index (χ0) is 20.8. The van der Waals surface area contributed by atoms with E-state index in [1.54, 1.807) is 7.11 Å². The summed E-state index contributed by atoms with van der Waals surface area (Å²) in [5.74, 6) is 0.603. The molecule has 2 aliphatic heterocycles. The maximum absolute atomic E-state index is 13.2. The van der Waals surface area contributed by atoms with E-state index < -0.39 is 0 Å². The molecule has 0 saturated carbocycles. The Hall–Kier alpha value is -2.03. The Labute approximate surface area is 178 Å². The van der Waals surface area contributed by atoms with E-state index in [0.717, 1.165) is 76.1 Å². The number of hydrogen-bond acceptors (Lipinski definition) is 6. The molecule has 0 N–H and O–H groups in total. The number of carbonyl (C=O) groups is 1. The molecule has 4 rings (SSSR count). The zero-order valence-corrected chi connectivity index (χ0v) is 17.9. The second kappa shape index (κ2) is 10.3. The summed E-state index contributed by atoms with van der Waals surface area (Å²) in [4.78, 5) is 19.2. The summed E-state index contributed by atoms with van der Waals surface area (Å²) >= 11 is 0. The number of amides is 1. The summed E-state index contributed by atoms with van der Waals surface area (Å²) in [7, 11) is 1.75. The first kappa shape index (κ1) is 21.2. The van der Waals surface area contributed by atoms with Crippen LogP contribution in [0, 0.1) is 5.92 Å². The fourth-order valence-electron chi connectivity index (χ4n) is 4.43. The van der Waals surface area contributed by atoms with Crippen molar-refractivity contribution in [1.82, 2.24) is 24.8 Å². The zero-order valence-electron chi connectivity index (χ0n) is 17.9. The number of rotatable bonds is 9. The monoisotopic (exact) mass is 415 g/mol. The molecule has 2 aliphatic rings. The summed E-state index contributed by atoms with van der Waals surface area (Å²) in [6.07, 6.45) is 4.49. The fourth-order valence-corrected chi connectivity index (χ4v) is 4.43. The number of likely N-dealkylation sites (tertiary alicyclic amines) is 1.